The number of nitrogens with two attached hydrogens (primary N) is 1. The SMILES string of the molecule is NCC(CCO)c1cc(F)c(F)cc1F. The fourth-order valence-corrected chi connectivity index (χ4v) is 1.41. The van der Waals surface area contributed by atoms with Gasteiger partial charge in [0.1, 0.15) is 5.82 Å². The number of rotatable bonds is 4. The standard InChI is InChI=1S/C10H12F3NO/c11-8-4-10(13)9(12)3-7(8)6(5-14)1-2-15/h3-4,6,15H,1-2,5,14H2. The third-order valence-electron chi connectivity index (χ3n) is 2.24. The van der Waals surface area contributed by atoms with E-state index in [9.17, 15) is 13.2 Å². The van der Waals surface area contributed by atoms with Crippen molar-refractivity contribution in [1.82, 2.24) is 0 Å². The Morgan fingerprint density at radius 3 is 2.27 bits per heavy atom. The molecule has 0 aliphatic heterocycles. The molecule has 0 radical (unpaired) electrons. The Bertz CT molecular complexity index is 344. The van der Waals surface area contributed by atoms with Crippen LogP contribution in [0.2, 0.25) is 0 Å². The summed E-state index contributed by atoms with van der Waals surface area (Å²) in [4.78, 5) is 0. The summed E-state index contributed by atoms with van der Waals surface area (Å²) in [6.07, 6.45) is 0.221. The summed E-state index contributed by atoms with van der Waals surface area (Å²) in [5, 5.41) is 8.70. The highest BCUT2D eigenvalue weighted by Crippen LogP contribution is 2.23. The van der Waals surface area contributed by atoms with Crippen molar-refractivity contribution in [3.05, 3.63) is 35.1 Å². The first-order chi connectivity index (χ1) is 7.10. The van der Waals surface area contributed by atoms with Crippen LogP contribution in [0.15, 0.2) is 12.1 Å². The van der Waals surface area contributed by atoms with E-state index in [0.717, 1.165) is 6.07 Å². The van der Waals surface area contributed by atoms with E-state index < -0.39 is 23.4 Å². The fourth-order valence-electron chi connectivity index (χ4n) is 1.41. The maximum atomic E-state index is 13.2. The normalized spacial score (nSPS) is 12.9. The van der Waals surface area contributed by atoms with E-state index in [0.29, 0.717) is 6.07 Å². The van der Waals surface area contributed by atoms with E-state index in [-0.39, 0.29) is 25.1 Å². The van der Waals surface area contributed by atoms with Crippen molar-refractivity contribution >= 4 is 0 Å². The minimum Gasteiger partial charge on any atom is -0.396 e. The molecule has 0 aliphatic carbocycles. The lowest BCUT2D eigenvalue weighted by atomic mass is 9.95. The Morgan fingerprint density at radius 1 is 1.13 bits per heavy atom. The number of aliphatic hydroxyl groups excluding tert-OH is 1. The molecule has 1 unspecified atom stereocenters. The highest BCUT2D eigenvalue weighted by atomic mass is 19.2. The van der Waals surface area contributed by atoms with Crippen molar-refractivity contribution in [2.24, 2.45) is 5.73 Å². The largest absolute Gasteiger partial charge is 0.396 e. The molecule has 1 rings (SSSR count). The summed E-state index contributed by atoms with van der Waals surface area (Å²) >= 11 is 0. The third-order valence-corrected chi connectivity index (χ3v) is 2.24. The monoisotopic (exact) mass is 219 g/mol. The molecule has 0 heterocycles. The van der Waals surface area contributed by atoms with Gasteiger partial charge in [-0.3, -0.25) is 0 Å². The molecule has 0 bridgehead atoms. The molecule has 0 fully saturated rings. The zero-order valence-corrected chi connectivity index (χ0v) is 8.01. The average Bonchev–Trinajstić information content (AvgIpc) is 2.20. The van der Waals surface area contributed by atoms with Gasteiger partial charge in [0.2, 0.25) is 0 Å². The second-order valence-electron chi connectivity index (χ2n) is 3.23. The van der Waals surface area contributed by atoms with E-state index in [1.807, 2.05) is 0 Å². The molecule has 1 aromatic carbocycles. The molecule has 0 saturated heterocycles. The molecule has 84 valence electrons. The number of aliphatic hydroxyl groups is 1. The zero-order chi connectivity index (χ0) is 11.4. The quantitative estimate of drug-likeness (QED) is 0.754. The molecule has 5 heteroatoms. The second kappa shape index (κ2) is 5.14. The molecule has 3 N–H and O–H groups in total. The second-order valence-corrected chi connectivity index (χ2v) is 3.23. The van der Waals surface area contributed by atoms with Crippen LogP contribution in [0.4, 0.5) is 13.2 Å². The number of benzene rings is 1. The molecule has 0 aromatic heterocycles. The van der Waals surface area contributed by atoms with Crippen molar-refractivity contribution in [1.29, 1.82) is 0 Å². The molecular weight excluding hydrogens is 207 g/mol. The van der Waals surface area contributed by atoms with E-state index >= 15 is 0 Å². The van der Waals surface area contributed by atoms with Crippen LogP contribution < -0.4 is 5.73 Å². The van der Waals surface area contributed by atoms with E-state index in [1.165, 1.54) is 0 Å². The molecule has 0 spiro atoms. The van der Waals surface area contributed by atoms with E-state index in [4.69, 9.17) is 10.8 Å². The van der Waals surface area contributed by atoms with Crippen molar-refractivity contribution < 1.29 is 18.3 Å². The van der Waals surface area contributed by atoms with Gasteiger partial charge in [0.25, 0.3) is 0 Å². The summed E-state index contributed by atoms with van der Waals surface area (Å²) in [5.41, 5.74) is 5.36. The predicted molar refractivity (Wildman–Crippen MR) is 49.8 cm³/mol. The summed E-state index contributed by atoms with van der Waals surface area (Å²) in [7, 11) is 0. The lowest BCUT2D eigenvalue weighted by molar-refractivity contribution is 0.275. The third kappa shape index (κ3) is 2.70. The zero-order valence-electron chi connectivity index (χ0n) is 8.01. The van der Waals surface area contributed by atoms with Gasteiger partial charge < -0.3 is 10.8 Å². The molecule has 1 aromatic rings. The molecule has 2 nitrogen and oxygen atoms in total. The number of hydrogen-bond donors (Lipinski definition) is 2. The fraction of sp³-hybridized carbons (Fsp3) is 0.400. The first kappa shape index (κ1) is 12.0. The van der Waals surface area contributed by atoms with Gasteiger partial charge in [0.15, 0.2) is 11.6 Å². The van der Waals surface area contributed by atoms with Gasteiger partial charge in [-0.15, -0.1) is 0 Å². The first-order valence-corrected chi connectivity index (χ1v) is 4.55. The van der Waals surface area contributed by atoms with Crippen LogP contribution in [0, 0.1) is 17.5 Å². The predicted octanol–water partition coefficient (Wildman–Crippen LogP) is 1.53. The Hall–Kier alpha value is -1.07. The van der Waals surface area contributed by atoms with Crippen LogP contribution in [-0.4, -0.2) is 18.3 Å². The minimum atomic E-state index is -1.23. The van der Waals surface area contributed by atoms with Crippen molar-refractivity contribution in [3.63, 3.8) is 0 Å². The van der Waals surface area contributed by atoms with Gasteiger partial charge in [-0.05, 0) is 24.6 Å². The van der Waals surface area contributed by atoms with Gasteiger partial charge in [-0.2, -0.15) is 0 Å². The maximum absolute atomic E-state index is 13.2. The molecular formula is C10H12F3NO. The van der Waals surface area contributed by atoms with Crippen LogP contribution in [0.25, 0.3) is 0 Å². The molecule has 0 amide bonds. The van der Waals surface area contributed by atoms with Gasteiger partial charge in [0, 0.05) is 18.6 Å². The summed E-state index contributed by atoms with van der Waals surface area (Å²) in [6.45, 7) is -0.108. The Morgan fingerprint density at radius 2 is 1.73 bits per heavy atom. The Labute approximate surface area is 85.5 Å². The van der Waals surface area contributed by atoms with Gasteiger partial charge >= 0.3 is 0 Å². The lowest BCUT2D eigenvalue weighted by Crippen LogP contribution is -2.16. The van der Waals surface area contributed by atoms with E-state index in [2.05, 4.69) is 0 Å². The summed E-state index contributed by atoms with van der Waals surface area (Å²) in [6, 6.07) is 1.28. The van der Waals surface area contributed by atoms with Crippen LogP contribution in [0.1, 0.15) is 17.9 Å². The maximum Gasteiger partial charge on any atom is 0.161 e. The van der Waals surface area contributed by atoms with E-state index in [1.54, 1.807) is 0 Å². The Balaban J connectivity index is 3.06. The van der Waals surface area contributed by atoms with Crippen LogP contribution in [-0.2, 0) is 0 Å². The van der Waals surface area contributed by atoms with Crippen molar-refractivity contribution in [2.45, 2.75) is 12.3 Å². The lowest BCUT2D eigenvalue weighted by Gasteiger charge is -2.14. The van der Waals surface area contributed by atoms with Crippen LogP contribution in [0.3, 0.4) is 0 Å². The highest BCUT2D eigenvalue weighted by Gasteiger charge is 2.17. The topological polar surface area (TPSA) is 46.2 Å². The summed E-state index contributed by atoms with van der Waals surface area (Å²) < 4.78 is 38.7. The van der Waals surface area contributed by atoms with Gasteiger partial charge in [-0.25, -0.2) is 13.2 Å². The summed E-state index contributed by atoms with van der Waals surface area (Å²) in [5.74, 6) is -3.67. The molecule has 0 saturated carbocycles. The molecule has 15 heavy (non-hydrogen) atoms. The first-order valence-electron chi connectivity index (χ1n) is 4.55. The number of hydrogen-bond acceptors (Lipinski definition) is 2. The van der Waals surface area contributed by atoms with Crippen molar-refractivity contribution in [3.8, 4) is 0 Å². The number of halogens is 3. The van der Waals surface area contributed by atoms with Gasteiger partial charge in [0.05, 0.1) is 0 Å². The average molecular weight is 219 g/mol. The molecule has 1 atom stereocenters. The molecule has 0 aliphatic rings. The minimum absolute atomic E-state index is 0.00505. The van der Waals surface area contributed by atoms with Crippen LogP contribution >= 0.6 is 0 Å². The Kier molecular flexibility index (Phi) is 4.11. The highest BCUT2D eigenvalue weighted by molar-refractivity contribution is 5.24. The van der Waals surface area contributed by atoms with Gasteiger partial charge in [-0.1, -0.05) is 0 Å². The smallest absolute Gasteiger partial charge is 0.161 e. The van der Waals surface area contributed by atoms with Crippen LogP contribution in [0.5, 0.6) is 0 Å². The van der Waals surface area contributed by atoms with Crippen molar-refractivity contribution in [2.75, 3.05) is 13.2 Å².